The number of aromatic nitrogens is 4. The van der Waals surface area contributed by atoms with Gasteiger partial charge >= 0.3 is 5.97 Å². The zero-order chi connectivity index (χ0) is 18.1. The van der Waals surface area contributed by atoms with Gasteiger partial charge in [-0.1, -0.05) is 18.2 Å². The van der Waals surface area contributed by atoms with Crippen LogP contribution in [0.25, 0.3) is 11.2 Å². The van der Waals surface area contributed by atoms with Crippen molar-refractivity contribution < 1.29 is 19.0 Å². The van der Waals surface area contributed by atoms with E-state index in [9.17, 15) is 4.79 Å². The molecule has 134 valence electrons. The molecule has 2 aromatic heterocycles. The number of benzene rings is 1. The minimum atomic E-state index is -0.693. The minimum absolute atomic E-state index is 0.0316. The van der Waals surface area contributed by atoms with Gasteiger partial charge in [0.2, 0.25) is 5.95 Å². The molecule has 1 saturated heterocycles. The van der Waals surface area contributed by atoms with Crippen LogP contribution in [-0.4, -0.2) is 45.0 Å². The number of ether oxygens (including phenoxy) is 3. The fourth-order valence-corrected chi connectivity index (χ4v) is 2.64. The maximum atomic E-state index is 12.0. The first-order valence-electron chi connectivity index (χ1n) is 7.86. The van der Waals surface area contributed by atoms with Gasteiger partial charge in [0.05, 0.1) is 18.5 Å². The molecule has 3 heterocycles. The number of rotatable bonds is 4. The highest BCUT2D eigenvalue weighted by atomic mass is 16.7. The third-order valence-electron chi connectivity index (χ3n) is 3.87. The first-order valence-corrected chi connectivity index (χ1v) is 7.86. The number of carbonyl (C=O) groups is 1. The first kappa shape index (κ1) is 16.2. The second-order valence-corrected chi connectivity index (χ2v) is 5.61. The predicted molar refractivity (Wildman–Crippen MR) is 90.7 cm³/mol. The van der Waals surface area contributed by atoms with Gasteiger partial charge in [-0.15, -0.1) is 0 Å². The van der Waals surface area contributed by atoms with E-state index in [0.29, 0.717) is 16.7 Å². The number of nitrogen functional groups attached to an aromatic ring is 2. The van der Waals surface area contributed by atoms with Crippen LogP contribution < -0.4 is 11.5 Å². The van der Waals surface area contributed by atoms with Crippen LogP contribution >= 0.6 is 0 Å². The van der Waals surface area contributed by atoms with Crippen LogP contribution in [0.5, 0.6) is 0 Å². The molecule has 26 heavy (non-hydrogen) atoms. The number of anilines is 2. The van der Waals surface area contributed by atoms with Crippen LogP contribution in [0.15, 0.2) is 36.7 Å². The van der Waals surface area contributed by atoms with Crippen LogP contribution in [0.2, 0.25) is 0 Å². The SMILES string of the molecule is Nc1nc(N)c2ncn([C@H]3CO[C@H](COC(=O)c4ccccc4)O3)c2n1. The molecule has 0 amide bonds. The summed E-state index contributed by atoms with van der Waals surface area (Å²) in [4.78, 5) is 24.2. The highest BCUT2D eigenvalue weighted by molar-refractivity contribution is 5.89. The van der Waals surface area contributed by atoms with Crippen molar-refractivity contribution in [2.24, 2.45) is 0 Å². The van der Waals surface area contributed by atoms with Gasteiger partial charge in [-0.2, -0.15) is 9.97 Å². The minimum Gasteiger partial charge on any atom is -0.457 e. The number of fused-ring (bicyclic) bond motifs is 1. The Bertz CT molecular complexity index is 945. The molecule has 1 aromatic carbocycles. The van der Waals surface area contributed by atoms with Crippen LogP contribution in [-0.2, 0) is 14.2 Å². The monoisotopic (exact) mass is 356 g/mol. The van der Waals surface area contributed by atoms with Crippen molar-refractivity contribution in [3.05, 3.63) is 42.2 Å². The zero-order valence-electron chi connectivity index (χ0n) is 13.6. The number of esters is 1. The number of carbonyl (C=O) groups excluding carboxylic acids is 1. The molecule has 2 atom stereocenters. The second-order valence-electron chi connectivity index (χ2n) is 5.61. The van der Waals surface area contributed by atoms with Gasteiger partial charge in [-0.05, 0) is 12.1 Å². The lowest BCUT2D eigenvalue weighted by Gasteiger charge is -2.13. The Kier molecular flexibility index (Phi) is 4.11. The van der Waals surface area contributed by atoms with Gasteiger partial charge in [0, 0.05) is 0 Å². The maximum Gasteiger partial charge on any atom is 0.338 e. The second kappa shape index (κ2) is 6.58. The summed E-state index contributed by atoms with van der Waals surface area (Å²) in [5, 5.41) is 0. The lowest BCUT2D eigenvalue weighted by molar-refractivity contribution is -0.102. The summed E-state index contributed by atoms with van der Waals surface area (Å²) >= 11 is 0. The van der Waals surface area contributed by atoms with Crippen molar-refractivity contribution in [1.29, 1.82) is 0 Å². The van der Waals surface area contributed by atoms with Crippen LogP contribution in [0.4, 0.5) is 11.8 Å². The Hall–Kier alpha value is -3.24. The van der Waals surface area contributed by atoms with E-state index in [1.807, 2.05) is 6.07 Å². The Balaban J connectivity index is 1.42. The van der Waals surface area contributed by atoms with E-state index in [0.717, 1.165) is 0 Å². The van der Waals surface area contributed by atoms with Crippen molar-refractivity contribution in [2.75, 3.05) is 24.7 Å². The maximum absolute atomic E-state index is 12.0. The Morgan fingerprint density at radius 3 is 2.88 bits per heavy atom. The molecule has 0 spiro atoms. The molecule has 3 aromatic rings. The largest absolute Gasteiger partial charge is 0.457 e. The Labute approximate surface area is 147 Å². The quantitative estimate of drug-likeness (QED) is 0.647. The molecular weight excluding hydrogens is 340 g/mol. The number of hydrogen-bond acceptors (Lipinski definition) is 9. The summed E-state index contributed by atoms with van der Waals surface area (Å²) < 4.78 is 18.2. The molecular formula is C16H16N6O4. The molecule has 0 radical (unpaired) electrons. The lowest BCUT2D eigenvalue weighted by atomic mass is 10.2. The summed E-state index contributed by atoms with van der Waals surface area (Å²) in [7, 11) is 0. The van der Waals surface area contributed by atoms with E-state index in [2.05, 4.69) is 15.0 Å². The lowest BCUT2D eigenvalue weighted by Crippen LogP contribution is -2.20. The third kappa shape index (κ3) is 3.03. The molecule has 4 rings (SSSR count). The van der Waals surface area contributed by atoms with Gasteiger partial charge in [0.25, 0.3) is 0 Å². The fraction of sp³-hybridized carbons (Fsp3) is 0.250. The van der Waals surface area contributed by atoms with E-state index in [-0.39, 0.29) is 25.0 Å². The number of hydrogen-bond donors (Lipinski definition) is 2. The average molecular weight is 356 g/mol. The highest BCUT2D eigenvalue weighted by Crippen LogP contribution is 2.26. The van der Waals surface area contributed by atoms with Crippen molar-refractivity contribution >= 4 is 28.9 Å². The summed E-state index contributed by atoms with van der Waals surface area (Å²) in [6.45, 7) is 0.207. The Morgan fingerprint density at radius 2 is 2.08 bits per heavy atom. The Morgan fingerprint density at radius 1 is 1.27 bits per heavy atom. The van der Waals surface area contributed by atoms with Gasteiger partial charge < -0.3 is 25.7 Å². The van der Waals surface area contributed by atoms with Crippen molar-refractivity contribution in [1.82, 2.24) is 19.5 Å². The molecule has 1 aliphatic heterocycles. The molecule has 10 nitrogen and oxygen atoms in total. The average Bonchev–Trinajstić information content (AvgIpc) is 3.27. The summed E-state index contributed by atoms with van der Waals surface area (Å²) in [5.41, 5.74) is 12.8. The first-order chi connectivity index (χ1) is 12.6. The molecule has 0 saturated carbocycles. The fourth-order valence-electron chi connectivity index (χ4n) is 2.64. The number of nitrogens with two attached hydrogens (primary N) is 2. The number of imidazole rings is 1. The summed E-state index contributed by atoms with van der Waals surface area (Å²) in [5.74, 6) is -0.204. The van der Waals surface area contributed by atoms with E-state index in [1.54, 1.807) is 28.8 Å². The summed E-state index contributed by atoms with van der Waals surface area (Å²) in [6, 6.07) is 8.70. The third-order valence-corrected chi connectivity index (χ3v) is 3.87. The predicted octanol–water partition coefficient (Wildman–Crippen LogP) is 0.719. The van der Waals surface area contributed by atoms with Crippen LogP contribution in [0.3, 0.4) is 0 Å². The summed E-state index contributed by atoms with van der Waals surface area (Å²) in [6.07, 6.45) is 0.345. The van der Waals surface area contributed by atoms with Gasteiger partial charge in [-0.25, -0.2) is 9.78 Å². The van der Waals surface area contributed by atoms with Gasteiger partial charge in [0.1, 0.15) is 12.1 Å². The van der Waals surface area contributed by atoms with E-state index in [4.69, 9.17) is 25.7 Å². The van der Waals surface area contributed by atoms with E-state index in [1.165, 1.54) is 6.33 Å². The van der Waals surface area contributed by atoms with E-state index >= 15 is 0 Å². The van der Waals surface area contributed by atoms with Crippen LogP contribution in [0.1, 0.15) is 16.6 Å². The molecule has 10 heteroatoms. The van der Waals surface area contributed by atoms with Gasteiger partial charge in [0.15, 0.2) is 24.0 Å². The van der Waals surface area contributed by atoms with Crippen molar-refractivity contribution in [3.63, 3.8) is 0 Å². The highest BCUT2D eigenvalue weighted by Gasteiger charge is 2.30. The van der Waals surface area contributed by atoms with Gasteiger partial charge in [-0.3, -0.25) is 4.57 Å². The van der Waals surface area contributed by atoms with Crippen molar-refractivity contribution in [3.8, 4) is 0 Å². The smallest absolute Gasteiger partial charge is 0.338 e. The molecule has 4 N–H and O–H groups in total. The van der Waals surface area contributed by atoms with Crippen molar-refractivity contribution in [2.45, 2.75) is 12.5 Å². The molecule has 1 aliphatic rings. The number of nitrogens with zero attached hydrogens (tertiary/aromatic N) is 4. The topological polar surface area (TPSA) is 140 Å². The molecule has 0 unspecified atom stereocenters. The zero-order valence-corrected chi connectivity index (χ0v) is 13.6. The molecule has 0 bridgehead atoms. The molecule has 0 aliphatic carbocycles. The van der Waals surface area contributed by atoms with E-state index < -0.39 is 18.5 Å². The normalized spacial score (nSPS) is 19.7. The molecule has 1 fully saturated rings. The standard InChI is InChI=1S/C16H16N6O4/c17-13-12-14(21-16(18)20-13)22(8-19-12)10-6-24-11(26-10)7-25-15(23)9-4-2-1-3-5-9/h1-5,8,10-11H,6-7H2,(H4,17,18,20,21)/t10-,11+/m1/s1. The van der Waals surface area contributed by atoms with Crippen LogP contribution in [0, 0.1) is 0 Å².